The van der Waals surface area contributed by atoms with Crippen molar-refractivity contribution in [3.8, 4) is 0 Å². The minimum atomic E-state index is -5.48. The molecule has 0 aliphatic rings. The van der Waals surface area contributed by atoms with Crippen LogP contribution in [0.15, 0.2) is 0 Å². The van der Waals surface area contributed by atoms with Crippen LogP contribution < -0.4 is 0 Å². The van der Waals surface area contributed by atoms with Crippen LogP contribution >= 0.6 is 15.2 Å². The second-order valence-corrected chi connectivity index (χ2v) is 7.10. The van der Waals surface area contributed by atoms with Crippen LogP contribution in [0.5, 0.6) is 0 Å². The Balaban J connectivity index is 5.81. The van der Waals surface area contributed by atoms with E-state index in [1.807, 2.05) is 0 Å². The Bertz CT molecular complexity index is 488. The van der Waals surface area contributed by atoms with Crippen LogP contribution in [-0.4, -0.2) is 71.0 Å². The third-order valence-electron chi connectivity index (χ3n) is 2.57. The van der Waals surface area contributed by atoms with E-state index in [-0.39, 0.29) is 0 Å². The number of ether oxygens (including phenoxy) is 5. The van der Waals surface area contributed by atoms with Crippen molar-refractivity contribution in [1.82, 2.24) is 0 Å². The summed E-state index contributed by atoms with van der Waals surface area (Å²) in [6.45, 7) is 0. The van der Waals surface area contributed by atoms with Crippen molar-refractivity contribution in [2.75, 3.05) is 28.4 Å². The van der Waals surface area contributed by atoms with E-state index in [4.69, 9.17) is 19.6 Å². The summed E-state index contributed by atoms with van der Waals surface area (Å²) in [6, 6.07) is 0. The lowest BCUT2D eigenvalue weighted by molar-refractivity contribution is -0.222. The topological polar surface area (TPSA) is 195 Å². The van der Waals surface area contributed by atoms with Gasteiger partial charge in [-0.1, -0.05) is 0 Å². The highest BCUT2D eigenvalue weighted by Gasteiger charge is 2.63. The Morgan fingerprint density at radius 3 is 1.04 bits per heavy atom. The third kappa shape index (κ3) is 3.86. The van der Waals surface area contributed by atoms with Gasteiger partial charge in [0.15, 0.2) is 0 Å². The van der Waals surface area contributed by atoms with Crippen molar-refractivity contribution in [3.05, 3.63) is 0 Å². The molecule has 0 aromatic carbocycles. The molecule has 0 bridgehead atoms. The molecule has 0 saturated carbocycles. The van der Waals surface area contributed by atoms with Crippen LogP contribution in [0.3, 0.4) is 0 Å². The van der Waals surface area contributed by atoms with Crippen molar-refractivity contribution in [1.29, 1.82) is 0 Å². The molecule has 0 radical (unpaired) electrons. The van der Waals surface area contributed by atoms with E-state index in [9.17, 15) is 18.7 Å². The normalized spacial score (nSPS) is 13.7. The van der Waals surface area contributed by atoms with Gasteiger partial charge < -0.3 is 43.3 Å². The molecule has 0 aromatic rings. The second kappa shape index (κ2) is 7.45. The molecule has 136 valence electrons. The zero-order chi connectivity index (χ0) is 18.7. The highest BCUT2D eigenvalue weighted by molar-refractivity contribution is 7.54. The van der Waals surface area contributed by atoms with Gasteiger partial charge in [0.1, 0.15) is 0 Å². The molecule has 0 saturated heterocycles. The zero-order valence-corrected chi connectivity index (χ0v) is 14.1. The average Bonchev–Trinajstić information content (AvgIpc) is 2.39. The molecule has 0 rings (SSSR count). The molecule has 23 heavy (non-hydrogen) atoms. The lowest BCUT2D eigenvalue weighted by Crippen LogP contribution is -2.50. The molecule has 0 atom stereocenters. The van der Waals surface area contributed by atoms with Gasteiger partial charge in [0.05, 0.1) is 0 Å². The highest BCUT2D eigenvalue weighted by atomic mass is 31.2. The molecule has 0 spiro atoms. The Morgan fingerprint density at radius 1 is 0.696 bits per heavy atom. The first kappa shape index (κ1) is 22.3. The molecular formula is C8H16O13P2. The molecule has 15 heteroatoms. The summed E-state index contributed by atoms with van der Waals surface area (Å²) in [7, 11) is -8.30. The smallest absolute Gasteiger partial charge is 0.384 e. The Labute approximate surface area is 129 Å². The molecule has 13 nitrogen and oxygen atoms in total. The monoisotopic (exact) mass is 382 g/mol. The molecular weight excluding hydrogens is 366 g/mol. The van der Waals surface area contributed by atoms with Crippen molar-refractivity contribution in [2.45, 2.75) is 11.1 Å². The Morgan fingerprint density at radius 2 is 0.913 bits per heavy atom. The summed E-state index contributed by atoms with van der Waals surface area (Å²) in [6.07, 6.45) is 0. The number of carbonyl (C=O) groups excluding carboxylic acids is 2. The summed E-state index contributed by atoms with van der Waals surface area (Å²) < 4.78 is 43.9. The van der Waals surface area contributed by atoms with Crippen molar-refractivity contribution >= 4 is 27.1 Å². The number of esters is 2. The van der Waals surface area contributed by atoms with E-state index < -0.39 is 38.2 Å². The minimum absolute atomic E-state index is 0.664. The van der Waals surface area contributed by atoms with E-state index in [0.29, 0.717) is 28.4 Å². The maximum Gasteiger partial charge on any atom is 0.397 e. The lowest BCUT2D eigenvalue weighted by atomic mass is 10.5. The van der Waals surface area contributed by atoms with Crippen LogP contribution in [-0.2, 0) is 42.4 Å². The van der Waals surface area contributed by atoms with Gasteiger partial charge in [0.2, 0.25) is 0 Å². The number of rotatable bonds is 8. The average molecular weight is 382 g/mol. The quantitative estimate of drug-likeness (QED) is 0.161. The van der Waals surface area contributed by atoms with Gasteiger partial charge in [-0.05, 0) is 0 Å². The fourth-order valence-corrected chi connectivity index (χ4v) is 2.94. The van der Waals surface area contributed by atoms with E-state index >= 15 is 0 Å². The summed E-state index contributed by atoms with van der Waals surface area (Å²) in [5, 5.41) is 0. The van der Waals surface area contributed by atoms with E-state index in [1.54, 1.807) is 0 Å². The van der Waals surface area contributed by atoms with E-state index in [1.165, 1.54) is 0 Å². The number of hydrogen-bond donors (Lipinski definition) is 4. The molecule has 0 aliphatic carbocycles. The number of hydrogen-bond acceptors (Lipinski definition) is 9. The second-order valence-electron chi connectivity index (χ2n) is 3.75. The molecule has 0 aromatic heterocycles. The zero-order valence-electron chi connectivity index (χ0n) is 12.4. The molecule has 0 aliphatic heterocycles. The van der Waals surface area contributed by atoms with Gasteiger partial charge in [0.25, 0.3) is 0 Å². The maximum atomic E-state index is 11.8. The molecule has 0 unspecified atom stereocenters. The molecule has 0 heterocycles. The van der Waals surface area contributed by atoms with Gasteiger partial charge in [-0.15, -0.1) is 0 Å². The first-order valence-corrected chi connectivity index (χ1v) is 8.60. The maximum absolute atomic E-state index is 11.8. The fraction of sp³-hybridized carbons (Fsp3) is 0.750. The number of carbonyl (C=O) groups is 2. The van der Waals surface area contributed by atoms with Gasteiger partial charge in [-0.25, -0.2) is 9.59 Å². The lowest BCUT2D eigenvalue weighted by Gasteiger charge is -2.31. The van der Waals surface area contributed by atoms with Crippen molar-refractivity contribution in [2.24, 2.45) is 0 Å². The predicted octanol–water partition coefficient (Wildman–Crippen LogP) is -1.70. The first-order chi connectivity index (χ1) is 10.3. The summed E-state index contributed by atoms with van der Waals surface area (Å²) in [5.74, 6) is -4.15. The third-order valence-corrected chi connectivity index (χ3v) is 5.20. The summed E-state index contributed by atoms with van der Waals surface area (Å²) >= 11 is 0. The van der Waals surface area contributed by atoms with Crippen LogP contribution in [0.2, 0.25) is 0 Å². The molecule has 0 amide bonds. The minimum Gasteiger partial charge on any atom is -0.384 e. The molecule has 0 fully saturated rings. The Kier molecular flexibility index (Phi) is 7.21. The standard InChI is InChI=1S/C8H16O13P2/c1-17-7(18-2,22(11,12)13)5(9)21-6(10)8(19-3,20-4)23(14,15)16/h1-4H3,(H2,11,12,13)(H2,14,15,16). The van der Waals surface area contributed by atoms with Crippen molar-refractivity contribution in [3.63, 3.8) is 0 Å². The van der Waals surface area contributed by atoms with E-state index in [2.05, 4.69) is 23.7 Å². The Hall–Kier alpha value is -0.720. The van der Waals surface area contributed by atoms with Gasteiger partial charge >= 0.3 is 38.2 Å². The van der Waals surface area contributed by atoms with E-state index in [0.717, 1.165) is 0 Å². The van der Waals surface area contributed by atoms with Gasteiger partial charge in [0, 0.05) is 28.4 Å². The van der Waals surface area contributed by atoms with Crippen LogP contribution in [0, 0.1) is 0 Å². The summed E-state index contributed by atoms with van der Waals surface area (Å²) in [5.41, 5.74) is -6.66. The summed E-state index contributed by atoms with van der Waals surface area (Å²) in [4.78, 5) is 60.2. The SMILES string of the molecule is COC(OC)(C(=O)OC(=O)C(OC)(OC)P(=O)(O)O)P(=O)(O)O. The van der Waals surface area contributed by atoms with Gasteiger partial charge in [-0.3, -0.25) is 9.13 Å². The van der Waals surface area contributed by atoms with Crippen molar-refractivity contribution < 1.29 is 62.0 Å². The van der Waals surface area contributed by atoms with Gasteiger partial charge in [-0.2, -0.15) is 0 Å². The highest BCUT2D eigenvalue weighted by Crippen LogP contribution is 2.54. The van der Waals surface area contributed by atoms with Crippen LogP contribution in [0.4, 0.5) is 0 Å². The molecule has 4 N–H and O–H groups in total. The fourth-order valence-electron chi connectivity index (χ4n) is 1.43. The largest absolute Gasteiger partial charge is 0.397 e. The van der Waals surface area contributed by atoms with Crippen LogP contribution in [0.25, 0.3) is 0 Å². The predicted molar refractivity (Wildman–Crippen MR) is 68.7 cm³/mol. The van der Waals surface area contributed by atoms with Crippen LogP contribution in [0.1, 0.15) is 0 Å². The number of methoxy groups -OCH3 is 4. The first-order valence-electron chi connectivity index (χ1n) is 5.38.